The Morgan fingerprint density at radius 1 is 1.55 bits per heavy atom. The van der Waals surface area contributed by atoms with Crippen molar-refractivity contribution in [3.63, 3.8) is 0 Å². The number of Topliss-reactive ketones (excluding diaryl/α,β-unsaturated/α-hetero) is 1. The summed E-state index contributed by atoms with van der Waals surface area (Å²) in [5, 5.41) is 13.6. The van der Waals surface area contributed by atoms with Gasteiger partial charge in [0.2, 0.25) is 5.91 Å². The predicted octanol–water partition coefficient (Wildman–Crippen LogP) is -0.186. The first kappa shape index (κ1) is 19.8. The van der Waals surface area contributed by atoms with Crippen molar-refractivity contribution in [1.82, 2.24) is 5.32 Å². The van der Waals surface area contributed by atoms with Crippen LogP contribution in [0.4, 0.5) is 0 Å². The van der Waals surface area contributed by atoms with Gasteiger partial charge in [0.15, 0.2) is 0 Å². The molecular weight excluding hydrogens is 266 g/mol. The van der Waals surface area contributed by atoms with Gasteiger partial charge in [-0.05, 0) is 12.5 Å². The second-order valence-corrected chi connectivity index (χ2v) is 3.54. The minimum Gasteiger partial charge on any atom is -0.480 e. The van der Waals surface area contributed by atoms with Gasteiger partial charge >= 0.3 is 5.97 Å². The molecule has 0 saturated heterocycles. The summed E-state index contributed by atoms with van der Waals surface area (Å²) in [6.45, 7) is 1.53. The van der Waals surface area contributed by atoms with E-state index in [0.717, 1.165) is 0 Å². The fourth-order valence-corrected chi connectivity index (χ4v) is 0.744. The number of amides is 1. The fourth-order valence-electron chi connectivity index (χ4n) is 0.744. The molecule has 4 N–H and O–H groups in total. The maximum Gasteiger partial charge on any atom is 0.321 e. The maximum absolute atomic E-state index is 10.7. The lowest BCUT2D eigenvalue weighted by Gasteiger charge is -1.99. The molecule has 1 atom stereocenters. The van der Waals surface area contributed by atoms with Crippen LogP contribution in [0.15, 0.2) is 5.11 Å². The van der Waals surface area contributed by atoms with Crippen LogP contribution in [0.25, 0.3) is 10.4 Å². The third-order valence-electron chi connectivity index (χ3n) is 1.73. The molecule has 0 aromatic carbocycles. The number of nitrogens with zero attached hydrogens (tertiary/aromatic N) is 3. The van der Waals surface area contributed by atoms with Crippen LogP contribution in [0.2, 0.25) is 0 Å². The number of rotatable bonds is 7. The van der Waals surface area contributed by atoms with E-state index in [9.17, 15) is 14.4 Å². The first-order valence-corrected chi connectivity index (χ1v) is 5.54. The number of hydrogen-bond donors (Lipinski definition) is 3. The number of nitrogens with one attached hydrogen (secondary N) is 1. The number of carbonyl (C=O) groups excluding carboxylic acids is 2. The molecule has 0 fully saturated rings. The zero-order valence-corrected chi connectivity index (χ0v) is 11.1. The van der Waals surface area contributed by atoms with Gasteiger partial charge < -0.3 is 16.2 Å². The minimum atomic E-state index is -1.05. The number of hydrogen-bond acceptors (Lipinski definition) is 5. The molecule has 9 heteroatoms. The Labute approximate surface area is 116 Å². The third-order valence-corrected chi connectivity index (χ3v) is 1.73. The largest absolute Gasteiger partial charge is 0.480 e. The average molecular weight is 283 g/mol. The molecule has 0 saturated carbocycles. The Hall–Kier alpha value is -2.56. The van der Waals surface area contributed by atoms with E-state index in [1.165, 1.54) is 6.92 Å². The summed E-state index contributed by atoms with van der Waals surface area (Å²) in [4.78, 5) is 33.4. The molecule has 0 aromatic rings. The standard InChI is InChI=1S/C6H10N4O2.C5H7NO2/c1-5(11)2-3-8-6(12)4-9-10-7;1-2-3-4(6)5(7)8/h2-4H2,1H3,(H,8,12);1,4H,3,6H2,(H,7,8). The summed E-state index contributed by atoms with van der Waals surface area (Å²) in [7, 11) is 0. The molecule has 1 unspecified atom stereocenters. The van der Waals surface area contributed by atoms with Gasteiger partial charge in [0.1, 0.15) is 18.4 Å². The van der Waals surface area contributed by atoms with Gasteiger partial charge in [-0.25, -0.2) is 0 Å². The summed E-state index contributed by atoms with van der Waals surface area (Å²) in [6, 6.07) is -0.903. The maximum atomic E-state index is 10.7. The van der Waals surface area contributed by atoms with Crippen molar-refractivity contribution >= 4 is 17.7 Å². The highest BCUT2D eigenvalue weighted by molar-refractivity contribution is 5.80. The van der Waals surface area contributed by atoms with E-state index >= 15 is 0 Å². The normalized spacial score (nSPS) is 9.85. The van der Waals surface area contributed by atoms with Gasteiger partial charge in [-0.3, -0.25) is 14.4 Å². The SMILES string of the molecule is C#CCC(N)C(=O)O.CC(=O)CCNC(=O)CN=[N+]=[N-]. The number of aliphatic carboxylic acids is 1. The minimum absolute atomic E-state index is 0.0130. The van der Waals surface area contributed by atoms with Gasteiger partial charge in [0, 0.05) is 24.3 Å². The number of carboxylic acid groups (broad SMARTS) is 1. The molecule has 0 bridgehead atoms. The van der Waals surface area contributed by atoms with E-state index < -0.39 is 12.0 Å². The molecule has 0 heterocycles. The van der Waals surface area contributed by atoms with E-state index in [1.807, 2.05) is 0 Å². The van der Waals surface area contributed by atoms with E-state index in [1.54, 1.807) is 0 Å². The number of terminal acetylenes is 1. The van der Waals surface area contributed by atoms with Crippen molar-refractivity contribution in [2.75, 3.05) is 13.1 Å². The van der Waals surface area contributed by atoms with Crippen LogP contribution in [-0.4, -0.2) is 41.9 Å². The van der Waals surface area contributed by atoms with Crippen LogP contribution in [-0.2, 0) is 14.4 Å². The summed E-state index contributed by atoms with van der Waals surface area (Å²) in [5.74, 6) is 0.737. The van der Waals surface area contributed by atoms with Crippen LogP contribution in [0.1, 0.15) is 19.8 Å². The molecule has 0 aliphatic carbocycles. The third kappa shape index (κ3) is 15.4. The summed E-state index contributed by atoms with van der Waals surface area (Å²) in [6.07, 6.45) is 5.17. The highest BCUT2D eigenvalue weighted by atomic mass is 16.4. The fraction of sp³-hybridized carbons (Fsp3) is 0.545. The number of carboxylic acids is 1. The van der Waals surface area contributed by atoms with Crippen molar-refractivity contribution in [3.8, 4) is 12.3 Å². The van der Waals surface area contributed by atoms with Gasteiger partial charge in [0.05, 0.1) is 0 Å². The number of azide groups is 1. The zero-order valence-electron chi connectivity index (χ0n) is 11.1. The van der Waals surface area contributed by atoms with Crippen molar-refractivity contribution in [2.45, 2.75) is 25.8 Å². The lowest BCUT2D eigenvalue weighted by molar-refractivity contribution is -0.138. The van der Waals surface area contributed by atoms with Crippen molar-refractivity contribution in [2.24, 2.45) is 10.8 Å². The molecule has 0 aromatic heterocycles. The van der Waals surface area contributed by atoms with Gasteiger partial charge in [0.25, 0.3) is 0 Å². The summed E-state index contributed by atoms with van der Waals surface area (Å²) in [5.41, 5.74) is 12.8. The lowest BCUT2D eigenvalue weighted by Crippen LogP contribution is -2.29. The smallest absolute Gasteiger partial charge is 0.321 e. The summed E-state index contributed by atoms with van der Waals surface area (Å²) >= 11 is 0. The van der Waals surface area contributed by atoms with Crippen molar-refractivity contribution < 1.29 is 19.5 Å². The highest BCUT2D eigenvalue weighted by Crippen LogP contribution is 1.82. The second-order valence-electron chi connectivity index (χ2n) is 3.54. The van der Waals surface area contributed by atoms with E-state index in [4.69, 9.17) is 22.8 Å². The van der Waals surface area contributed by atoms with E-state index in [2.05, 4.69) is 21.3 Å². The second kappa shape index (κ2) is 12.9. The Morgan fingerprint density at radius 3 is 2.50 bits per heavy atom. The summed E-state index contributed by atoms with van der Waals surface area (Å²) < 4.78 is 0. The predicted molar refractivity (Wildman–Crippen MR) is 71.4 cm³/mol. The molecule has 1 amide bonds. The molecule has 0 rings (SSSR count). The Kier molecular flexibility index (Phi) is 12.7. The molecule has 9 nitrogen and oxygen atoms in total. The average Bonchev–Trinajstić information content (AvgIpc) is 2.37. The highest BCUT2D eigenvalue weighted by Gasteiger charge is 2.07. The lowest BCUT2D eigenvalue weighted by atomic mass is 10.2. The molecular formula is C11H17N5O4. The number of nitrogens with two attached hydrogens (primary N) is 1. The Morgan fingerprint density at radius 2 is 2.15 bits per heavy atom. The van der Waals surface area contributed by atoms with E-state index in [-0.39, 0.29) is 24.7 Å². The van der Waals surface area contributed by atoms with Gasteiger partial charge in [-0.2, -0.15) is 0 Å². The van der Waals surface area contributed by atoms with Crippen LogP contribution in [0.5, 0.6) is 0 Å². The Balaban J connectivity index is 0. The molecule has 20 heavy (non-hydrogen) atoms. The van der Waals surface area contributed by atoms with E-state index in [0.29, 0.717) is 13.0 Å². The first-order valence-electron chi connectivity index (χ1n) is 5.54. The topological polar surface area (TPSA) is 158 Å². The van der Waals surface area contributed by atoms with Crippen LogP contribution in [0.3, 0.4) is 0 Å². The van der Waals surface area contributed by atoms with Crippen molar-refractivity contribution in [3.05, 3.63) is 10.4 Å². The van der Waals surface area contributed by atoms with Crippen molar-refractivity contribution in [1.29, 1.82) is 0 Å². The van der Waals surface area contributed by atoms with Crippen LogP contribution in [0, 0.1) is 12.3 Å². The van der Waals surface area contributed by atoms with Gasteiger partial charge in [-0.1, -0.05) is 5.11 Å². The number of ketones is 1. The number of carbonyl (C=O) groups is 3. The van der Waals surface area contributed by atoms with Crippen LogP contribution < -0.4 is 11.1 Å². The van der Waals surface area contributed by atoms with Gasteiger partial charge in [-0.15, -0.1) is 12.3 Å². The first-order chi connectivity index (χ1) is 9.34. The Bertz CT molecular complexity index is 423. The quantitative estimate of drug-likeness (QED) is 0.255. The molecule has 0 aliphatic heterocycles. The molecule has 0 radical (unpaired) electrons. The molecule has 0 spiro atoms. The zero-order chi connectivity index (χ0) is 16.0. The molecule has 110 valence electrons. The van der Waals surface area contributed by atoms with Crippen LogP contribution >= 0.6 is 0 Å². The monoisotopic (exact) mass is 283 g/mol. The molecule has 0 aliphatic rings.